The van der Waals surface area contributed by atoms with Crippen LogP contribution in [-0.4, -0.2) is 4.98 Å². The van der Waals surface area contributed by atoms with Crippen molar-refractivity contribution in [1.29, 1.82) is 0 Å². The van der Waals surface area contributed by atoms with E-state index >= 15 is 0 Å². The summed E-state index contributed by atoms with van der Waals surface area (Å²) in [5.74, 6) is -0.211. The summed E-state index contributed by atoms with van der Waals surface area (Å²) in [6, 6.07) is 3.29. The van der Waals surface area contributed by atoms with Gasteiger partial charge in [0.25, 0.3) is 0 Å². The van der Waals surface area contributed by atoms with Crippen LogP contribution < -0.4 is 0 Å². The van der Waals surface area contributed by atoms with Gasteiger partial charge in [0.1, 0.15) is 0 Å². The van der Waals surface area contributed by atoms with E-state index in [1.807, 2.05) is 0 Å². The maximum atomic E-state index is 13.7. The molecule has 3 rings (SSSR count). The number of aromatic nitrogens is 1. The molecule has 0 unspecified atom stereocenters. The summed E-state index contributed by atoms with van der Waals surface area (Å²) in [7, 11) is 0. The van der Waals surface area contributed by atoms with Crippen LogP contribution in [0.15, 0.2) is 12.1 Å². The van der Waals surface area contributed by atoms with Crippen molar-refractivity contribution in [2.45, 2.75) is 31.6 Å². The minimum Gasteiger partial charge on any atom is -0.252 e. The zero-order valence-electron chi connectivity index (χ0n) is 10.0. The van der Waals surface area contributed by atoms with Crippen LogP contribution in [0.5, 0.6) is 0 Å². The Hall–Kier alpha value is -0.570. The van der Waals surface area contributed by atoms with Gasteiger partial charge in [-0.3, -0.25) is 4.98 Å². The van der Waals surface area contributed by atoms with E-state index in [1.54, 1.807) is 6.07 Å². The maximum absolute atomic E-state index is 13.7. The van der Waals surface area contributed by atoms with E-state index in [-0.39, 0.29) is 10.0 Å². The van der Waals surface area contributed by atoms with Gasteiger partial charge in [0.05, 0.1) is 20.6 Å². The van der Waals surface area contributed by atoms with Crippen LogP contribution in [0.3, 0.4) is 0 Å². The highest BCUT2D eigenvalue weighted by Crippen LogP contribution is 2.39. The van der Waals surface area contributed by atoms with Crippen LogP contribution in [0.4, 0.5) is 4.39 Å². The van der Waals surface area contributed by atoms with E-state index in [9.17, 15) is 4.39 Å². The predicted molar refractivity (Wildman–Crippen MR) is 77.9 cm³/mol. The molecule has 5 heteroatoms. The van der Waals surface area contributed by atoms with E-state index in [4.69, 9.17) is 34.8 Å². The number of halogens is 4. The number of hydrogen-bond donors (Lipinski definition) is 0. The second-order valence-electron chi connectivity index (χ2n) is 4.89. The Morgan fingerprint density at radius 1 is 1.05 bits per heavy atom. The molecule has 0 radical (unpaired) electrons. The average molecular weight is 319 g/mol. The molecule has 1 heterocycles. The van der Waals surface area contributed by atoms with Gasteiger partial charge in [0.15, 0.2) is 5.82 Å². The first kappa shape index (κ1) is 13.4. The summed E-state index contributed by atoms with van der Waals surface area (Å²) in [4.78, 5) is 4.56. The van der Waals surface area contributed by atoms with Crippen molar-refractivity contribution in [3.05, 3.63) is 38.7 Å². The molecule has 0 saturated heterocycles. The van der Waals surface area contributed by atoms with Crippen LogP contribution in [0.25, 0.3) is 10.9 Å². The number of benzene rings is 1. The lowest BCUT2D eigenvalue weighted by Gasteiger charge is -2.12. The highest BCUT2D eigenvalue weighted by Gasteiger charge is 2.21. The minimum absolute atomic E-state index is 0.0235. The minimum atomic E-state index is -0.645. The van der Waals surface area contributed by atoms with E-state index in [1.165, 1.54) is 18.9 Å². The van der Waals surface area contributed by atoms with Gasteiger partial charge in [-0.2, -0.15) is 0 Å². The van der Waals surface area contributed by atoms with Gasteiger partial charge in [-0.15, -0.1) is 0 Å². The Kier molecular flexibility index (Phi) is 3.59. The second kappa shape index (κ2) is 5.08. The van der Waals surface area contributed by atoms with Gasteiger partial charge in [0.2, 0.25) is 0 Å². The molecule has 1 nitrogen and oxygen atoms in total. The molecular formula is C14H11Cl3FN. The fourth-order valence-electron chi connectivity index (χ4n) is 2.70. The fraction of sp³-hybridized carbons (Fsp3) is 0.357. The van der Waals surface area contributed by atoms with Crippen molar-refractivity contribution in [1.82, 2.24) is 4.98 Å². The van der Waals surface area contributed by atoms with Gasteiger partial charge >= 0.3 is 0 Å². The van der Waals surface area contributed by atoms with Crippen molar-refractivity contribution < 1.29 is 4.39 Å². The predicted octanol–water partition coefficient (Wildman–Crippen LogP) is 5.99. The van der Waals surface area contributed by atoms with E-state index < -0.39 is 5.82 Å². The Morgan fingerprint density at radius 3 is 2.42 bits per heavy atom. The smallest absolute Gasteiger partial charge is 0.161 e. The van der Waals surface area contributed by atoms with Gasteiger partial charge in [-0.1, -0.05) is 47.6 Å². The molecule has 1 aromatic carbocycles. The molecule has 0 N–H and O–H groups in total. The Balaban J connectivity index is 2.23. The number of fused-ring (bicyclic) bond motifs is 1. The second-order valence-corrected chi connectivity index (χ2v) is 6.08. The third-order valence-corrected chi connectivity index (χ3v) is 4.61. The first-order valence-corrected chi connectivity index (χ1v) is 7.35. The summed E-state index contributed by atoms with van der Waals surface area (Å²) >= 11 is 18.0. The number of pyridine rings is 1. The standard InChI is InChI=1S/C14H11Cl3FN/c15-8-5-10(7-3-1-2-4-7)19-11-6-9(16)14(18)13(17)12(8)11/h5-7H,1-4H2. The van der Waals surface area contributed by atoms with Crippen LogP contribution in [0.2, 0.25) is 15.1 Å². The highest BCUT2D eigenvalue weighted by atomic mass is 35.5. The first-order chi connectivity index (χ1) is 9.08. The van der Waals surface area contributed by atoms with Crippen molar-refractivity contribution in [2.24, 2.45) is 0 Å². The monoisotopic (exact) mass is 317 g/mol. The van der Waals surface area contributed by atoms with Crippen LogP contribution in [-0.2, 0) is 0 Å². The van der Waals surface area contributed by atoms with Crippen LogP contribution >= 0.6 is 34.8 Å². The summed E-state index contributed by atoms with van der Waals surface area (Å²) in [6.07, 6.45) is 4.68. The summed E-state index contributed by atoms with van der Waals surface area (Å²) < 4.78 is 13.7. The van der Waals surface area contributed by atoms with Gasteiger partial charge in [0, 0.05) is 17.0 Å². The lowest BCUT2D eigenvalue weighted by molar-refractivity contribution is 0.630. The van der Waals surface area contributed by atoms with Crippen molar-refractivity contribution in [3.63, 3.8) is 0 Å². The quantitative estimate of drug-likeness (QED) is 0.588. The van der Waals surface area contributed by atoms with Crippen LogP contribution in [0, 0.1) is 5.82 Å². The molecule has 0 bridgehead atoms. The third kappa shape index (κ3) is 2.31. The Labute approximate surface area is 125 Å². The van der Waals surface area contributed by atoms with Gasteiger partial charge in [-0.25, -0.2) is 4.39 Å². The largest absolute Gasteiger partial charge is 0.252 e. The zero-order chi connectivity index (χ0) is 13.6. The molecule has 1 aromatic heterocycles. The van der Waals surface area contributed by atoms with Crippen molar-refractivity contribution >= 4 is 45.7 Å². The van der Waals surface area contributed by atoms with E-state index in [2.05, 4.69) is 4.98 Å². The molecule has 1 saturated carbocycles. The molecule has 1 aliphatic rings. The highest BCUT2D eigenvalue weighted by molar-refractivity contribution is 6.43. The Morgan fingerprint density at radius 2 is 1.74 bits per heavy atom. The van der Waals surface area contributed by atoms with Gasteiger partial charge < -0.3 is 0 Å². The summed E-state index contributed by atoms with van der Waals surface area (Å²) in [5, 5.41) is 0.794. The first-order valence-electron chi connectivity index (χ1n) is 6.21. The van der Waals surface area contributed by atoms with Crippen molar-refractivity contribution in [2.75, 3.05) is 0 Å². The fourth-order valence-corrected chi connectivity index (χ4v) is 3.60. The molecule has 0 aliphatic heterocycles. The molecule has 100 valence electrons. The molecule has 19 heavy (non-hydrogen) atoms. The molecule has 1 aliphatic carbocycles. The molecule has 1 fully saturated rings. The number of hydrogen-bond acceptors (Lipinski definition) is 1. The number of nitrogens with zero attached hydrogens (tertiary/aromatic N) is 1. The van der Waals surface area contributed by atoms with Crippen molar-refractivity contribution in [3.8, 4) is 0 Å². The zero-order valence-corrected chi connectivity index (χ0v) is 12.3. The maximum Gasteiger partial charge on any atom is 0.161 e. The molecule has 2 aromatic rings. The Bertz CT molecular complexity index is 651. The summed E-state index contributed by atoms with van der Waals surface area (Å²) in [5.41, 5.74) is 1.51. The topological polar surface area (TPSA) is 12.9 Å². The lowest BCUT2D eigenvalue weighted by atomic mass is 10.0. The van der Waals surface area contributed by atoms with Crippen LogP contribution in [0.1, 0.15) is 37.3 Å². The van der Waals surface area contributed by atoms with E-state index in [0.29, 0.717) is 21.8 Å². The van der Waals surface area contributed by atoms with Gasteiger partial charge in [-0.05, 0) is 25.0 Å². The molecule has 0 amide bonds. The third-order valence-electron chi connectivity index (χ3n) is 3.68. The number of rotatable bonds is 1. The van der Waals surface area contributed by atoms with E-state index in [0.717, 1.165) is 18.5 Å². The lowest BCUT2D eigenvalue weighted by Crippen LogP contribution is -1.98. The normalized spacial score (nSPS) is 16.4. The molecular weight excluding hydrogens is 308 g/mol. The SMILES string of the molecule is Fc1c(Cl)cc2nc(C3CCCC3)cc(Cl)c2c1Cl. The summed E-state index contributed by atoms with van der Waals surface area (Å²) in [6.45, 7) is 0. The molecule has 0 atom stereocenters. The molecule has 0 spiro atoms. The average Bonchev–Trinajstić information content (AvgIpc) is 2.89.